The number of hydrogen-bond acceptors (Lipinski definition) is 4. The summed E-state index contributed by atoms with van der Waals surface area (Å²) < 4.78 is 2.18. The van der Waals surface area contributed by atoms with Crippen LogP contribution in [0.4, 0.5) is 0 Å². The molecule has 6 aromatic carbocycles. The summed E-state index contributed by atoms with van der Waals surface area (Å²) in [5.74, 6) is 1.73. The third-order valence-corrected chi connectivity index (χ3v) is 8.34. The Morgan fingerprint density at radius 3 is 1.72 bits per heavy atom. The van der Waals surface area contributed by atoms with Gasteiger partial charge in [0.15, 0.2) is 17.5 Å². The van der Waals surface area contributed by atoms with Crippen molar-refractivity contribution in [3.05, 3.63) is 157 Å². The lowest BCUT2D eigenvalue weighted by molar-refractivity contribution is 1.07. The molecule has 5 nitrogen and oxygen atoms in total. The Morgan fingerprint density at radius 1 is 0.478 bits per heavy atom. The van der Waals surface area contributed by atoms with Crippen LogP contribution in [0.3, 0.4) is 0 Å². The zero-order valence-corrected chi connectivity index (χ0v) is 25.1. The van der Waals surface area contributed by atoms with Crippen LogP contribution in [-0.4, -0.2) is 19.5 Å². The minimum atomic E-state index is 0.543. The van der Waals surface area contributed by atoms with Crippen molar-refractivity contribution in [1.29, 1.82) is 5.26 Å². The average Bonchev–Trinajstić information content (AvgIpc) is 3.45. The first-order valence-corrected chi connectivity index (χ1v) is 15.2. The second kappa shape index (κ2) is 11.3. The molecule has 0 fully saturated rings. The van der Waals surface area contributed by atoms with E-state index in [0.29, 0.717) is 23.0 Å². The van der Waals surface area contributed by atoms with E-state index >= 15 is 0 Å². The van der Waals surface area contributed by atoms with Crippen LogP contribution in [-0.2, 0) is 0 Å². The summed E-state index contributed by atoms with van der Waals surface area (Å²) >= 11 is 0. The van der Waals surface area contributed by atoms with Gasteiger partial charge in [-0.15, -0.1) is 0 Å². The fourth-order valence-electron chi connectivity index (χ4n) is 6.12. The molecule has 0 bridgehead atoms. The lowest BCUT2D eigenvalue weighted by atomic mass is 10.0. The van der Waals surface area contributed by atoms with E-state index < -0.39 is 0 Å². The van der Waals surface area contributed by atoms with Crippen molar-refractivity contribution in [3.63, 3.8) is 0 Å². The number of para-hydroxylation sites is 1. The van der Waals surface area contributed by atoms with Gasteiger partial charge < -0.3 is 4.57 Å². The van der Waals surface area contributed by atoms with Gasteiger partial charge in [-0.05, 0) is 54.4 Å². The monoisotopic (exact) mass is 589 g/mol. The van der Waals surface area contributed by atoms with Crippen LogP contribution in [0, 0.1) is 18.3 Å². The zero-order valence-electron chi connectivity index (χ0n) is 25.1. The number of nitriles is 1. The van der Waals surface area contributed by atoms with Crippen molar-refractivity contribution < 1.29 is 0 Å². The molecule has 0 aliphatic rings. The molecule has 0 spiro atoms. The van der Waals surface area contributed by atoms with Gasteiger partial charge in [0.2, 0.25) is 0 Å². The molecule has 0 saturated carbocycles. The molecule has 0 aliphatic carbocycles. The highest BCUT2D eigenvalue weighted by Crippen LogP contribution is 2.37. The molecule has 216 valence electrons. The van der Waals surface area contributed by atoms with Crippen molar-refractivity contribution in [2.24, 2.45) is 0 Å². The summed E-state index contributed by atoms with van der Waals surface area (Å²) in [4.78, 5) is 14.7. The standard InChI is InChI=1S/C41H27N5/c1-27-11-10-16-30(23-27)31-21-22-37-35(24-31)34-17-8-9-18-36(34)46(37)38-25-32(19-20-33(38)26-42)41-44-39(28-12-4-2-5-13-28)43-40(45-41)29-14-6-3-7-15-29/h2-25H,1H3. The fourth-order valence-corrected chi connectivity index (χ4v) is 6.12. The summed E-state index contributed by atoms with van der Waals surface area (Å²) in [6.45, 7) is 2.11. The first-order valence-electron chi connectivity index (χ1n) is 15.2. The third kappa shape index (κ3) is 4.79. The van der Waals surface area contributed by atoms with Gasteiger partial charge in [-0.2, -0.15) is 5.26 Å². The normalized spacial score (nSPS) is 11.1. The Hall–Kier alpha value is -6.38. The molecule has 0 aliphatic heterocycles. The number of fused-ring (bicyclic) bond motifs is 3. The minimum absolute atomic E-state index is 0.543. The van der Waals surface area contributed by atoms with Crippen LogP contribution in [0.25, 0.3) is 72.8 Å². The average molecular weight is 590 g/mol. The summed E-state index contributed by atoms with van der Waals surface area (Å²) in [5.41, 5.74) is 9.56. The van der Waals surface area contributed by atoms with Gasteiger partial charge in [0.05, 0.1) is 22.3 Å². The Labute approximate surface area is 266 Å². The Morgan fingerprint density at radius 2 is 1.04 bits per heavy atom. The molecule has 0 radical (unpaired) electrons. The Balaban J connectivity index is 1.35. The van der Waals surface area contributed by atoms with Gasteiger partial charge in [0.25, 0.3) is 0 Å². The van der Waals surface area contributed by atoms with E-state index in [-0.39, 0.29) is 0 Å². The Bertz CT molecular complexity index is 2380. The van der Waals surface area contributed by atoms with Gasteiger partial charge in [-0.1, -0.05) is 115 Å². The highest BCUT2D eigenvalue weighted by atomic mass is 15.0. The van der Waals surface area contributed by atoms with Crippen molar-refractivity contribution in [3.8, 4) is 57.0 Å². The summed E-state index contributed by atoms with van der Waals surface area (Å²) in [6.07, 6.45) is 0. The highest BCUT2D eigenvalue weighted by Gasteiger charge is 2.18. The van der Waals surface area contributed by atoms with Crippen molar-refractivity contribution >= 4 is 21.8 Å². The smallest absolute Gasteiger partial charge is 0.164 e. The molecule has 2 heterocycles. The first-order chi connectivity index (χ1) is 22.7. The second-order valence-electron chi connectivity index (χ2n) is 11.3. The van der Waals surface area contributed by atoms with E-state index in [1.165, 1.54) is 11.1 Å². The second-order valence-corrected chi connectivity index (χ2v) is 11.3. The zero-order chi connectivity index (χ0) is 31.0. The molecule has 5 heteroatoms. The molecular formula is C41H27N5. The molecule has 46 heavy (non-hydrogen) atoms. The van der Waals surface area contributed by atoms with Crippen LogP contribution < -0.4 is 0 Å². The highest BCUT2D eigenvalue weighted by molar-refractivity contribution is 6.10. The minimum Gasteiger partial charge on any atom is -0.308 e. The van der Waals surface area contributed by atoms with E-state index in [1.807, 2.05) is 84.9 Å². The van der Waals surface area contributed by atoms with E-state index in [0.717, 1.165) is 49.7 Å². The maximum Gasteiger partial charge on any atom is 0.164 e. The van der Waals surface area contributed by atoms with Crippen LogP contribution in [0.1, 0.15) is 11.1 Å². The summed E-state index contributed by atoms with van der Waals surface area (Å²) in [5, 5.41) is 12.6. The lowest BCUT2D eigenvalue weighted by Gasteiger charge is -2.13. The summed E-state index contributed by atoms with van der Waals surface area (Å²) in [6, 6.07) is 51.6. The van der Waals surface area contributed by atoms with E-state index in [4.69, 9.17) is 15.0 Å². The van der Waals surface area contributed by atoms with Gasteiger partial charge >= 0.3 is 0 Å². The van der Waals surface area contributed by atoms with Crippen LogP contribution in [0.5, 0.6) is 0 Å². The van der Waals surface area contributed by atoms with Crippen molar-refractivity contribution in [2.75, 3.05) is 0 Å². The first kappa shape index (κ1) is 27.2. The third-order valence-electron chi connectivity index (χ3n) is 8.34. The van der Waals surface area contributed by atoms with Gasteiger partial charge in [-0.25, -0.2) is 15.0 Å². The van der Waals surface area contributed by atoms with E-state index in [1.54, 1.807) is 0 Å². The Kier molecular flexibility index (Phi) is 6.67. The van der Waals surface area contributed by atoms with Crippen LogP contribution in [0.2, 0.25) is 0 Å². The summed E-state index contributed by atoms with van der Waals surface area (Å²) in [7, 11) is 0. The quantitative estimate of drug-likeness (QED) is 0.200. The van der Waals surface area contributed by atoms with Crippen LogP contribution >= 0.6 is 0 Å². The molecule has 0 N–H and O–H groups in total. The maximum atomic E-state index is 10.3. The molecule has 0 atom stereocenters. The molecule has 2 aromatic heterocycles. The molecule has 0 amide bonds. The van der Waals surface area contributed by atoms with Crippen LogP contribution in [0.15, 0.2) is 146 Å². The van der Waals surface area contributed by atoms with E-state index in [2.05, 4.69) is 78.2 Å². The molecule has 8 rings (SSSR count). The number of aryl methyl sites for hydroxylation is 1. The number of aromatic nitrogens is 4. The fraction of sp³-hybridized carbons (Fsp3) is 0.0244. The lowest BCUT2D eigenvalue weighted by Crippen LogP contribution is -2.02. The number of benzene rings is 6. The van der Waals surface area contributed by atoms with Crippen molar-refractivity contribution in [2.45, 2.75) is 6.92 Å². The maximum absolute atomic E-state index is 10.3. The van der Waals surface area contributed by atoms with Gasteiger partial charge in [-0.3, -0.25) is 0 Å². The predicted molar refractivity (Wildman–Crippen MR) is 185 cm³/mol. The molecule has 8 aromatic rings. The molecular weight excluding hydrogens is 562 g/mol. The molecule has 0 saturated heterocycles. The predicted octanol–water partition coefficient (Wildman–Crippen LogP) is 9.82. The van der Waals surface area contributed by atoms with E-state index in [9.17, 15) is 5.26 Å². The van der Waals surface area contributed by atoms with Gasteiger partial charge in [0.1, 0.15) is 6.07 Å². The SMILES string of the molecule is Cc1cccc(-c2ccc3c(c2)c2ccccc2n3-c2cc(-c3nc(-c4ccccc4)nc(-c4ccccc4)n3)ccc2C#N)c1. The van der Waals surface area contributed by atoms with Crippen molar-refractivity contribution in [1.82, 2.24) is 19.5 Å². The topological polar surface area (TPSA) is 67.4 Å². The number of rotatable bonds is 5. The van der Waals surface area contributed by atoms with Gasteiger partial charge in [0, 0.05) is 27.5 Å². The number of hydrogen-bond donors (Lipinski definition) is 0. The number of nitrogens with zero attached hydrogens (tertiary/aromatic N) is 5. The molecule has 0 unspecified atom stereocenters. The largest absolute Gasteiger partial charge is 0.308 e.